The summed E-state index contributed by atoms with van der Waals surface area (Å²) in [6.45, 7) is 5.83. The van der Waals surface area contributed by atoms with Crippen molar-refractivity contribution in [2.45, 2.75) is 27.2 Å². The third-order valence-corrected chi connectivity index (χ3v) is 3.60. The molecule has 2 rings (SSSR count). The third kappa shape index (κ3) is 4.20. The van der Waals surface area contributed by atoms with E-state index in [2.05, 4.69) is 15.6 Å². The number of aromatic nitrogens is 1. The van der Waals surface area contributed by atoms with Crippen LogP contribution in [0.4, 0.5) is 11.5 Å². The molecule has 0 aliphatic heterocycles. The van der Waals surface area contributed by atoms with Crippen LogP contribution in [0.5, 0.6) is 0 Å². The predicted octanol–water partition coefficient (Wildman–Crippen LogP) is 3.72. The molecule has 122 valence electrons. The van der Waals surface area contributed by atoms with E-state index in [4.69, 9.17) is 0 Å². The van der Waals surface area contributed by atoms with Gasteiger partial charge in [0.1, 0.15) is 17.5 Å². The molecule has 0 radical (unpaired) electrons. The normalized spacial score (nSPS) is 10.8. The predicted molar refractivity (Wildman–Crippen MR) is 95.5 cm³/mol. The lowest BCUT2D eigenvalue weighted by molar-refractivity contribution is -0.112. The minimum atomic E-state index is -0.443. The second-order valence-corrected chi connectivity index (χ2v) is 5.40. The number of nitrogens with zero attached hydrogens (tertiary/aromatic N) is 2. The minimum Gasteiger partial charge on any atom is -0.345 e. The van der Waals surface area contributed by atoms with Crippen LogP contribution in [0.15, 0.2) is 48.2 Å². The molecule has 2 aromatic rings. The van der Waals surface area contributed by atoms with Gasteiger partial charge in [0.05, 0.1) is 0 Å². The Hall–Kier alpha value is -3.13. The fraction of sp³-hybridized carbons (Fsp3) is 0.211. The zero-order valence-electron chi connectivity index (χ0n) is 14.1. The van der Waals surface area contributed by atoms with Crippen LogP contribution in [-0.4, -0.2) is 10.9 Å². The topological polar surface area (TPSA) is 77.8 Å². The van der Waals surface area contributed by atoms with Crippen LogP contribution in [0.1, 0.15) is 23.7 Å². The van der Waals surface area contributed by atoms with Crippen LogP contribution >= 0.6 is 0 Å². The highest BCUT2D eigenvalue weighted by Gasteiger charge is 2.13. The van der Waals surface area contributed by atoms with Gasteiger partial charge < -0.3 is 10.6 Å². The Labute approximate surface area is 142 Å². The van der Waals surface area contributed by atoms with Gasteiger partial charge in [-0.1, -0.05) is 31.2 Å². The van der Waals surface area contributed by atoms with Crippen LogP contribution in [0.3, 0.4) is 0 Å². The number of nitriles is 1. The Balaban J connectivity index is 2.18. The van der Waals surface area contributed by atoms with E-state index in [1.54, 1.807) is 6.07 Å². The molecule has 0 aliphatic rings. The van der Waals surface area contributed by atoms with E-state index in [-0.39, 0.29) is 5.57 Å². The van der Waals surface area contributed by atoms with Gasteiger partial charge in [-0.25, -0.2) is 4.98 Å². The fourth-order valence-electron chi connectivity index (χ4n) is 2.30. The molecule has 0 aliphatic carbocycles. The number of pyridine rings is 1. The maximum absolute atomic E-state index is 12.4. The summed E-state index contributed by atoms with van der Waals surface area (Å²) in [6, 6.07) is 13.3. The highest BCUT2D eigenvalue weighted by molar-refractivity contribution is 6.07. The zero-order chi connectivity index (χ0) is 17.5. The molecule has 0 bridgehead atoms. The smallest absolute Gasteiger partial charge is 0.267 e. The highest BCUT2D eigenvalue weighted by Crippen LogP contribution is 2.21. The first kappa shape index (κ1) is 17.2. The van der Waals surface area contributed by atoms with Gasteiger partial charge in [0, 0.05) is 17.6 Å². The number of rotatable bonds is 5. The molecule has 0 atom stereocenters. The van der Waals surface area contributed by atoms with Crippen LogP contribution in [0.2, 0.25) is 0 Å². The molecule has 0 fully saturated rings. The summed E-state index contributed by atoms with van der Waals surface area (Å²) < 4.78 is 0. The van der Waals surface area contributed by atoms with E-state index in [0.29, 0.717) is 5.82 Å². The molecule has 1 heterocycles. The molecule has 1 aromatic carbocycles. The van der Waals surface area contributed by atoms with Crippen LogP contribution < -0.4 is 10.6 Å². The van der Waals surface area contributed by atoms with Crippen molar-refractivity contribution in [3.63, 3.8) is 0 Å². The summed E-state index contributed by atoms with van der Waals surface area (Å²) in [5, 5.41) is 15.0. The van der Waals surface area contributed by atoms with E-state index < -0.39 is 5.91 Å². The van der Waals surface area contributed by atoms with Gasteiger partial charge in [0.2, 0.25) is 0 Å². The molecule has 2 N–H and O–H groups in total. The lowest BCUT2D eigenvalue weighted by Gasteiger charge is -2.12. The van der Waals surface area contributed by atoms with Gasteiger partial charge in [-0.2, -0.15) is 5.26 Å². The van der Waals surface area contributed by atoms with Crippen LogP contribution in [-0.2, 0) is 11.2 Å². The number of para-hydroxylation sites is 1. The van der Waals surface area contributed by atoms with Crippen molar-refractivity contribution < 1.29 is 4.79 Å². The summed E-state index contributed by atoms with van der Waals surface area (Å²) in [5.41, 5.74) is 3.61. The van der Waals surface area contributed by atoms with Gasteiger partial charge in [0.25, 0.3) is 5.91 Å². The van der Waals surface area contributed by atoms with E-state index in [1.807, 2.05) is 57.2 Å². The molecular formula is C19H20N4O. The van der Waals surface area contributed by atoms with Crippen molar-refractivity contribution in [3.8, 4) is 6.07 Å². The molecule has 0 spiro atoms. The monoisotopic (exact) mass is 320 g/mol. The molecule has 5 heteroatoms. The summed E-state index contributed by atoms with van der Waals surface area (Å²) in [4.78, 5) is 16.7. The van der Waals surface area contributed by atoms with E-state index in [0.717, 1.165) is 28.9 Å². The van der Waals surface area contributed by atoms with Crippen molar-refractivity contribution in [1.29, 1.82) is 5.26 Å². The maximum atomic E-state index is 12.4. The molecule has 0 saturated heterocycles. The molecule has 0 unspecified atom stereocenters. The maximum Gasteiger partial charge on any atom is 0.267 e. The first-order valence-corrected chi connectivity index (χ1v) is 7.75. The van der Waals surface area contributed by atoms with Crippen molar-refractivity contribution in [3.05, 3.63) is 65.0 Å². The summed E-state index contributed by atoms with van der Waals surface area (Å²) in [6.07, 6.45) is 2.18. The average molecular weight is 320 g/mol. The number of hydrogen-bond donors (Lipinski definition) is 2. The number of nitrogens with one attached hydrogen (secondary N) is 2. The van der Waals surface area contributed by atoms with Gasteiger partial charge in [-0.15, -0.1) is 0 Å². The summed E-state index contributed by atoms with van der Waals surface area (Å²) in [5.74, 6) is 0.141. The first-order chi connectivity index (χ1) is 11.5. The number of hydrogen-bond acceptors (Lipinski definition) is 4. The summed E-state index contributed by atoms with van der Waals surface area (Å²) in [7, 11) is 0. The van der Waals surface area contributed by atoms with Crippen molar-refractivity contribution in [2.75, 3.05) is 10.6 Å². The highest BCUT2D eigenvalue weighted by atomic mass is 16.1. The molecule has 0 saturated carbocycles. The van der Waals surface area contributed by atoms with E-state index >= 15 is 0 Å². The van der Waals surface area contributed by atoms with Crippen LogP contribution in [0.25, 0.3) is 0 Å². The lowest BCUT2D eigenvalue weighted by Crippen LogP contribution is -2.16. The summed E-state index contributed by atoms with van der Waals surface area (Å²) >= 11 is 0. The standard InChI is InChI=1S/C19H20N4O/c1-4-15-9-5-7-13(2)18(15)23-19(24)16(11-20)12-21-17-10-6-8-14(3)22-17/h5-10,12H,4H2,1-3H3,(H,21,22)(H,23,24)/b16-12-. The number of carbonyl (C=O) groups is 1. The SMILES string of the molecule is CCc1cccc(C)c1NC(=O)/C(C#N)=C\Nc1cccc(C)n1. The van der Waals surface area contributed by atoms with Gasteiger partial charge in [-0.05, 0) is 43.5 Å². The molecule has 1 aromatic heterocycles. The molecule has 24 heavy (non-hydrogen) atoms. The number of benzene rings is 1. The largest absolute Gasteiger partial charge is 0.345 e. The quantitative estimate of drug-likeness (QED) is 0.650. The number of aryl methyl sites for hydroxylation is 3. The Morgan fingerprint density at radius 2 is 2.00 bits per heavy atom. The van der Waals surface area contributed by atoms with Gasteiger partial charge in [0.15, 0.2) is 0 Å². The van der Waals surface area contributed by atoms with Gasteiger partial charge >= 0.3 is 0 Å². The van der Waals surface area contributed by atoms with E-state index in [1.165, 1.54) is 6.20 Å². The Kier molecular flexibility index (Phi) is 5.69. The van der Waals surface area contributed by atoms with Crippen molar-refractivity contribution in [1.82, 2.24) is 4.98 Å². The van der Waals surface area contributed by atoms with Gasteiger partial charge in [-0.3, -0.25) is 4.79 Å². The number of anilines is 2. The lowest BCUT2D eigenvalue weighted by atomic mass is 10.1. The number of carbonyl (C=O) groups excluding carboxylic acids is 1. The average Bonchev–Trinajstić information content (AvgIpc) is 2.57. The van der Waals surface area contributed by atoms with Crippen molar-refractivity contribution in [2.24, 2.45) is 0 Å². The third-order valence-electron chi connectivity index (χ3n) is 3.60. The molecular weight excluding hydrogens is 300 g/mol. The second kappa shape index (κ2) is 7.93. The minimum absolute atomic E-state index is 0.0105. The molecule has 5 nitrogen and oxygen atoms in total. The van der Waals surface area contributed by atoms with Crippen molar-refractivity contribution >= 4 is 17.4 Å². The Morgan fingerprint density at radius 3 is 2.67 bits per heavy atom. The second-order valence-electron chi connectivity index (χ2n) is 5.40. The zero-order valence-corrected chi connectivity index (χ0v) is 14.1. The first-order valence-electron chi connectivity index (χ1n) is 7.75. The Bertz CT molecular complexity index is 818. The number of amides is 1. The molecule has 1 amide bonds. The van der Waals surface area contributed by atoms with Crippen LogP contribution in [0, 0.1) is 25.2 Å². The van der Waals surface area contributed by atoms with E-state index in [9.17, 15) is 10.1 Å². The Morgan fingerprint density at radius 1 is 1.25 bits per heavy atom. The fourth-order valence-corrected chi connectivity index (χ4v) is 2.30.